The quantitative estimate of drug-likeness (QED) is 0.448. The molecule has 1 spiro atoms. The average Bonchev–Trinajstić information content (AvgIpc) is 3.10. The summed E-state index contributed by atoms with van der Waals surface area (Å²) in [5.74, 6) is 6.36. The summed E-state index contributed by atoms with van der Waals surface area (Å²) in [4.78, 5) is 31.1. The highest BCUT2D eigenvalue weighted by Crippen LogP contribution is 2.37. The number of anilines is 1. The second-order valence-corrected chi connectivity index (χ2v) is 6.87. The van der Waals surface area contributed by atoms with Crippen LogP contribution in [0.5, 0.6) is 0 Å². The van der Waals surface area contributed by atoms with E-state index in [0.29, 0.717) is 49.6 Å². The summed E-state index contributed by atoms with van der Waals surface area (Å²) in [5, 5.41) is 15.5. The highest BCUT2D eigenvalue weighted by Gasteiger charge is 2.42. The molecule has 0 amide bonds. The molecule has 0 bridgehead atoms. The van der Waals surface area contributed by atoms with Gasteiger partial charge in [0.1, 0.15) is 17.0 Å². The summed E-state index contributed by atoms with van der Waals surface area (Å²) in [5.41, 5.74) is 1.64. The molecule has 4 rings (SSSR count). The van der Waals surface area contributed by atoms with Gasteiger partial charge in [-0.15, -0.1) is 0 Å². The molecular weight excluding hydrogens is 360 g/mol. The Labute approximate surface area is 161 Å². The molecule has 0 aliphatic carbocycles. The smallest absolute Gasteiger partial charge is 0.311 e. The summed E-state index contributed by atoms with van der Waals surface area (Å²) in [7, 11) is 0. The van der Waals surface area contributed by atoms with Crippen LogP contribution in [0.15, 0.2) is 35.9 Å². The number of rotatable bonds is 2. The van der Waals surface area contributed by atoms with E-state index in [9.17, 15) is 10.1 Å². The van der Waals surface area contributed by atoms with E-state index in [2.05, 4.69) is 31.9 Å². The Hall–Kier alpha value is -3.54. The van der Waals surface area contributed by atoms with Crippen molar-refractivity contribution < 1.29 is 9.76 Å². The molecule has 2 aromatic rings. The third-order valence-corrected chi connectivity index (χ3v) is 4.90. The fraction of sp³-hybridized carbons (Fsp3) is 0.368. The number of nitrogens with zero attached hydrogens (tertiary/aromatic N) is 6. The van der Waals surface area contributed by atoms with Gasteiger partial charge in [-0.25, -0.2) is 9.97 Å². The van der Waals surface area contributed by atoms with E-state index >= 15 is 0 Å². The first-order chi connectivity index (χ1) is 13.5. The molecule has 142 valence electrons. The molecule has 2 aliphatic heterocycles. The number of hydrogen-bond acceptors (Lipinski definition) is 8. The van der Waals surface area contributed by atoms with Crippen LogP contribution in [0.1, 0.15) is 30.7 Å². The van der Waals surface area contributed by atoms with Crippen LogP contribution in [0.4, 0.5) is 11.5 Å². The second-order valence-electron chi connectivity index (χ2n) is 6.87. The second kappa shape index (κ2) is 7.23. The van der Waals surface area contributed by atoms with E-state index < -0.39 is 5.60 Å². The molecule has 2 aromatic heterocycles. The normalized spacial score (nSPS) is 17.5. The fourth-order valence-electron chi connectivity index (χ4n) is 3.39. The van der Waals surface area contributed by atoms with Crippen molar-refractivity contribution in [3.05, 3.63) is 52.2 Å². The molecule has 0 unspecified atom stereocenters. The summed E-state index contributed by atoms with van der Waals surface area (Å²) >= 11 is 0. The maximum Gasteiger partial charge on any atom is 0.311 e. The molecule has 1 fully saturated rings. The first-order valence-electron chi connectivity index (χ1n) is 8.95. The van der Waals surface area contributed by atoms with Crippen LogP contribution in [-0.4, -0.2) is 44.3 Å². The standard InChI is InChI=1S/C19H18N6O3/c1-14-2-5-17(25(26)27)18(22-14)24-10-6-19(7-11-24)12-15(23-28-19)3-4-16-13-20-8-9-21-16/h2,5,8-9,13H,6-7,10-12H2,1H3. The number of hydrogen-bond donors (Lipinski definition) is 0. The molecule has 0 saturated carbocycles. The van der Waals surface area contributed by atoms with Crippen molar-refractivity contribution in [1.82, 2.24) is 15.0 Å². The molecule has 9 nitrogen and oxygen atoms in total. The lowest BCUT2D eigenvalue weighted by Gasteiger charge is -2.37. The Bertz CT molecular complexity index is 988. The topological polar surface area (TPSA) is 107 Å². The number of piperidine rings is 1. The molecular formula is C19H18N6O3. The van der Waals surface area contributed by atoms with Crippen LogP contribution in [0.3, 0.4) is 0 Å². The Morgan fingerprint density at radius 3 is 2.79 bits per heavy atom. The molecule has 9 heteroatoms. The minimum absolute atomic E-state index is 0.0284. The van der Waals surface area contributed by atoms with Gasteiger partial charge in [-0.2, -0.15) is 0 Å². The van der Waals surface area contributed by atoms with E-state index in [4.69, 9.17) is 4.84 Å². The number of aryl methyl sites for hydroxylation is 1. The number of pyridine rings is 1. The van der Waals surface area contributed by atoms with E-state index in [0.717, 1.165) is 5.69 Å². The summed E-state index contributed by atoms with van der Waals surface area (Å²) in [6.07, 6.45) is 6.79. The lowest BCUT2D eigenvalue weighted by Crippen LogP contribution is -2.45. The predicted molar refractivity (Wildman–Crippen MR) is 102 cm³/mol. The molecule has 0 atom stereocenters. The van der Waals surface area contributed by atoms with E-state index in [-0.39, 0.29) is 10.6 Å². The van der Waals surface area contributed by atoms with Gasteiger partial charge >= 0.3 is 5.69 Å². The van der Waals surface area contributed by atoms with Crippen LogP contribution >= 0.6 is 0 Å². The van der Waals surface area contributed by atoms with Crippen molar-refractivity contribution in [3.63, 3.8) is 0 Å². The van der Waals surface area contributed by atoms with Crippen LogP contribution < -0.4 is 4.90 Å². The summed E-state index contributed by atoms with van der Waals surface area (Å²) in [6, 6.07) is 3.17. The maximum absolute atomic E-state index is 11.3. The number of aromatic nitrogens is 3. The van der Waals surface area contributed by atoms with E-state index in [1.807, 2.05) is 11.8 Å². The van der Waals surface area contributed by atoms with Crippen LogP contribution in [0.25, 0.3) is 0 Å². The number of oxime groups is 1. The molecule has 4 heterocycles. The molecule has 1 saturated heterocycles. The third-order valence-electron chi connectivity index (χ3n) is 4.90. The van der Waals surface area contributed by atoms with Crippen molar-refractivity contribution in [3.8, 4) is 11.8 Å². The van der Waals surface area contributed by atoms with Gasteiger partial charge in [0.05, 0.1) is 11.1 Å². The van der Waals surface area contributed by atoms with E-state index in [1.54, 1.807) is 24.7 Å². The van der Waals surface area contributed by atoms with Gasteiger partial charge in [-0.3, -0.25) is 15.1 Å². The monoisotopic (exact) mass is 378 g/mol. The maximum atomic E-state index is 11.3. The van der Waals surface area contributed by atoms with Gasteiger partial charge in [-0.05, 0) is 24.8 Å². The Morgan fingerprint density at radius 1 is 1.25 bits per heavy atom. The van der Waals surface area contributed by atoms with Crippen molar-refractivity contribution in [2.24, 2.45) is 5.16 Å². The van der Waals surface area contributed by atoms with Crippen LogP contribution in [0.2, 0.25) is 0 Å². The van der Waals surface area contributed by atoms with E-state index in [1.165, 1.54) is 6.07 Å². The first-order valence-corrected chi connectivity index (χ1v) is 8.95. The zero-order valence-electron chi connectivity index (χ0n) is 15.3. The van der Waals surface area contributed by atoms with Gasteiger partial charge in [0.15, 0.2) is 0 Å². The van der Waals surface area contributed by atoms with Crippen LogP contribution in [-0.2, 0) is 4.84 Å². The first kappa shape index (κ1) is 17.9. The van der Waals surface area contributed by atoms with Gasteiger partial charge < -0.3 is 9.74 Å². The summed E-state index contributed by atoms with van der Waals surface area (Å²) < 4.78 is 0. The minimum atomic E-state index is -0.401. The van der Waals surface area contributed by atoms with Crippen molar-refractivity contribution in [2.75, 3.05) is 18.0 Å². The van der Waals surface area contributed by atoms with Crippen molar-refractivity contribution in [2.45, 2.75) is 31.8 Å². The Balaban J connectivity index is 1.42. The van der Waals surface area contributed by atoms with Gasteiger partial charge in [0.25, 0.3) is 0 Å². The Morgan fingerprint density at radius 2 is 2.07 bits per heavy atom. The predicted octanol–water partition coefficient (Wildman–Crippen LogP) is 2.26. The van der Waals surface area contributed by atoms with Crippen molar-refractivity contribution in [1.29, 1.82) is 0 Å². The van der Waals surface area contributed by atoms with Crippen molar-refractivity contribution >= 4 is 17.2 Å². The largest absolute Gasteiger partial charge is 0.388 e. The lowest BCUT2D eigenvalue weighted by molar-refractivity contribution is -0.384. The molecule has 2 aliphatic rings. The molecule has 0 N–H and O–H groups in total. The molecule has 0 aromatic carbocycles. The molecule has 28 heavy (non-hydrogen) atoms. The zero-order valence-corrected chi connectivity index (χ0v) is 15.3. The van der Waals surface area contributed by atoms with Gasteiger partial charge in [-0.1, -0.05) is 5.16 Å². The highest BCUT2D eigenvalue weighted by molar-refractivity contribution is 6.01. The lowest BCUT2D eigenvalue weighted by atomic mass is 9.87. The fourth-order valence-corrected chi connectivity index (χ4v) is 3.39. The van der Waals surface area contributed by atoms with Crippen LogP contribution in [0, 0.1) is 28.9 Å². The SMILES string of the molecule is Cc1ccc([N+](=O)[O-])c(N2CCC3(CC2)CC(C#Cc2cnccn2)=NO3)n1. The average molecular weight is 378 g/mol. The molecule has 0 radical (unpaired) electrons. The minimum Gasteiger partial charge on any atom is -0.388 e. The summed E-state index contributed by atoms with van der Waals surface area (Å²) in [6.45, 7) is 3.05. The highest BCUT2D eigenvalue weighted by atomic mass is 16.7. The Kier molecular flexibility index (Phi) is 4.61. The van der Waals surface area contributed by atoms with Gasteiger partial charge in [0.2, 0.25) is 5.82 Å². The number of nitro groups is 1. The third kappa shape index (κ3) is 3.62. The van der Waals surface area contributed by atoms with Gasteiger partial charge in [0, 0.05) is 56.5 Å². The zero-order chi connectivity index (χ0) is 19.6.